The third-order valence-corrected chi connectivity index (χ3v) is 4.59. The van der Waals surface area contributed by atoms with Crippen molar-refractivity contribution in [3.05, 3.63) is 59.7 Å². The summed E-state index contributed by atoms with van der Waals surface area (Å²) >= 11 is 1.30. The first kappa shape index (κ1) is 17.9. The molecule has 0 fully saturated rings. The van der Waals surface area contributed by atoms with Gasteiger partial charge in [0, 0.05) is 6.54 Å². The van der Waals surface area contributed by atoms with Crippen LogP contribution in [0.3, 0.4) is 0 Å². The zero-order chi connectivity index (χ0) is 18.4. The number of hydrogen-bond donors (Lipinski definition) is 1. The predicted octanol–water partition coefficient (Wildman–Crippen LogP) is 2.39. The lowest BCUT2D eigenvalue weighted by Gasteiger charge is -2.07. The van der Waals surface area contributed by atoms with Crippen LogP contribution in [0.15, 0.2) is 53.7 Å². The van der Waals surface area contributed by atoms with E-state index in [1.54, 1.807) is 11.8 Å². The van der Waals surface area contributed by atoms with Crippen LogP contribution in [0.4, 0.5) is 0 Å². The molecule has 0 saturated heterocycles. The Bertz CT molecular complexity index is 879. The van der Waals surface area contributed by atoms with Gasteiger partial charge < -0.3 is 10.1 Å². The van der Waals surface area contributed by atoms with E-state index in [-0.39, 0.29) is 11.7 Å². The van der Waals surface area contributed by atoms with Crippen molar-refractivity contribution in [2.24, 2.45) is 0 Å². The van der Waals surface area contributed by atoms with E-state index in [1.807, 2.05) is 55.5 Å². The molecule has 2 aromatic carbocycles. The normalized spacial score (nSPS) is 10.5. The van der Waals surface area contributed by atoms with E-state index >= 15 is 0 Å². The number of methoxy groups -OCH3 is 1. The molecule has 26 heavy (non-hydrogen) atoms. The predicted molar refractivity (Wildman–Crippen MR) is 99.5 cm³/mol. The van der Waals surface area contributed by atoms with Crippen molar-refractivity contribution in [1.29, 1.82) is 0 Å². The van der Waals surface area contributed by atoms with Gasteiger partial charge in [0.05, 0.1) is 18.6 Å². The number of rotatable bonds is 7. The Kier molecular flexibility index (Phi) is 5.85. The van der Waals surface area contributed by atoms with Crippen LogP contribution in [0.25, 0.3) is 5.69 Å². The van der Waals surface area contributed by atoms with Gasteiger partial charge in [-0.15, -0.1) is 5.10 Å². The Morgan fingerprint density at radius 1 is 1.23 bits per heavy atom. The number of ether oxygens (including phenoxy) is 1. The Labute approximate surface area is 155 Å². The van der Waals surface area contributed by atoms with Gasteiger partial charge in [0.15, 0.2) is 0 Å². The Hall–Kier alpha value is -2.87. The molecule has 7 nitrogen and oxygen atoms in total. The molecular formula is C18H19N5O2S. The summed E-state index contributed by atoms with van der Waals surface area (Å²) in [5.74, 6) is 0.950. The smallest absolute Gasteiger partial charge is 0.230 e. The lowest BCUT2D eigenvalue weighted by molar-refractivity contribution is -0.118. The number of nitrogens with one attached hydrogen (secondary N) is 1. The molecule has 0 atom stereocenters. The summed E-state index contributed by atoms with van der Waals surface area (Å²) in [5.41, 5.74) is 3.00. The van der Waals surface area contributed by atoms with Gasteiger partial charge in [-0.2, -0.15) is 4.68 Å². The molecule has 0 spiro atoms. The van der Waals surface area contributed by atoms with Crippen LogP contribution in [0.5, 0.6) is 5.75 Å². The highest BCUT2D eigenvalue weighted by molar-refractivity contribution is 7.99. The first-order valence-electron chi connectivity index (χ1n) is 8.03. The second-order valence-electron chi connectivity index (χ2n) is 5.63. The van der Waals surface area contributed by atoms with Gasteiger partial charge in [-0.05, 0) is 52.7 Å². The van der Waals surface area contributed by atoms with E-state index in [4.69, 9.17) is 4.74 Å². The molecule has 0 aliphatic rings. The number of benzene rings is 2. The Balaban J connectivity index is 1.54. The monoisotopic (exact) mass is 369 g/mol. The van der Waals surface area contributed by atoms with E-state index < -0.39 is 0 Å². The number of carbonyl (C=O) groups excluding carboxylic acids is 1. The first-order chi connectivity index (χ1) is 12.7. The third-order valence-electron chi connectivity index (χ3n) is 3.67. The molecule has 0 bridgehead atoms. The van der Waals surface area contributed by atoms with Gasteiger partial charge in [0.25, 0.3) is 0 Å². The lowest BCUT2D eigenvalue weighted by Crippen LogP contribution is -2.24. The van der Waals surface area contributed by atoms with Crippen LogP contribution >= 0.6 is 11.8 Å². The fourth-order valence-electron chi connectivity index (χ4n) is 2.32. The summed E-state index contributed by atoms with van der Waals surface area (Å²) in [5, 5.41) is 15.2. The standard InChI is InChI=1S/C18H19N5O2S/c1-13-4-3-5-15(10-13)23-18(20-21-22-23)26-12-17(24)19-11-14-6-8-16(25-2)9-7-14/h3-10H,11-12H2,1-2H3,(H,19,24). The molecule has 134 valence electrons. The van der Waals surface area contributed by atoms with Gasteiger partial charge in [-0.25, -0.2) is 0 Å². The topological polar surface area (TPSA) is 81.9 Å². The van der Waals surface area contributed by atoms with Crippen molar-refractivity contribution < 1.29 is 9.53 Å². The summed E-state index contributed by atoms with van der Waals surface area (Å²) in [6.45, 7) is 2.47. The van der Waals surface area contributed by atoms with Crippen LogP contribution in [0, 0.1) is 6.92 Å². The van der Waals surface area contributed by atoms with Crippen LogP contribution in [-0.2, 0) is 11.3 Å². The van der Waals surface area contributed by atoms with Crippen molar-refractivity contribution in [3.63, 3.8) is 0 Å². The number of amides is 1. The summed E-state index contributed by atoms with van der Waals surface area (Å²) in [4.78, 5) is 12.1. The van der Waals surface area contributed by atoms with E-state index in [0.29, 0.717) is 11.7 Å². The second kappa shape index (κ2) is 8.48. The zero-order valence-electron chi connectivity index (χ0n) is 14.5. The lowest BCUT2D eigenvalue weighted by atomic mass is 10.2. The molecule has 1 aromatic heterocycles. The maximum atomic E-state index is 12.1. The van der Waals surface area contributed by atoms with E-state index in [1.165, 1.54) is 11.8 Å². The van der Waals surface area contributed by atoms with Crippen LogP contribution < -0.4 is 10.1 Å². The van der Waals surface area contributed by atoms with Crippen molar-refractivity contribution in [2.75, 3.05) is 12.9 Å². The zero-order valence-corrected chi connectivity index (χ0v) is 15.4. The molecule has 1 N–H and O–H groups in total. The van der Waals surface area contributed by atoms with E-state index in [0.717, 1.165) is 22.6 Å². The molecule has 8 heteroatoms. The summed E-state index contributed by atoms with van der Waals surface area (Å²) in [6.07, 6.45) is 0. The van der Waals surface area contributed by atoms with Crippen molar-refractivity contribution in [2.45, 2.75) is 18.6 Å². The largest absolute Gasteiger partial charge is 0.497 e. The number of tetrazole rings is 1. The van der Waals surface area contributed by atoms with Gasteiger partial charge in [0.2, 0.25) is 11.1 Å². The van der Waals surface area contributed by atoms with Crippen LogP contribution in [-0.4, -0.2) is 39.0 Å². The van der Waals surface area contributed by atoms with E-state index in [9.17, 15) is 4.79 Å². The third kappa shape index (κ3) is 4.60. The highest BCUT2D eigenvalue weighted by atomic mass is 32.2. The average Bonchev–Trinajstić information content (AvgIpc) is 3.14. The minimum Gasteiger partial charge on any atom is -0.497 e. The number of aryl methyl sites for hydroxylation is 1. The molecule has 0 unspecified atom stereocenters. The molecule has 0 saturated carbocycles. The summed E-state index contributed by atoms with van der Waals surface area (Å²) in [6, 6.07) is 15.4. The highest BCUT2D eigenvalue weighted by Crippen LogP contribution is 2.18. The fourth-order valence-corrected chi connectivity index (χ4v) is 3.04. The van der Waals surface area contributed by atoms with Crippen molar-refractivity contribution in [3.8, 4) is 11.4 Å². The molecule has 1 heterocycles. The van der Waals surface area contributed by atoms with Crippen molar-refractivity contribution >= 4 is 17.7 Å². The Morgan fingerprint density at radius 2 is 2.04 bits per heavy atom. The molecule has 1 amide bonds. The van der Waals surface area contributed by atoms with Crippen molar-refractivity contribution in [1.82, 2.24) is 25.5 Å². The SMILES string of the molecule is COc1ccc(CNC(=O)CSc2nnnn2-c2cccc(C)c2)cc1. The minimum absolute atomic E-state index is 0.0791. The highest BCUT2D eigenvalue weighted by Gasteiger charge is 2.11. The molecule has 0 radical (unpaired) electrons. The van der Waals surface area contributed by atoms with Gasteiger partial charge in [-0.1, -0.05) is 36.0 Å². The number of hydrogen-bond acceptors (Lipinski definition) is 6. The quantitative estimate of drug-likeness (QED) is 0.644. The average molecular weight is 369 g/mol. The van der Waals surface area contributed by atoms with Crippen LogP contribution in [0.1, 0.15) is 11.1 Å². The minimum atomic E-state index is -0.0791. The Morgan fingerprint density at radius 3 is 2.77 bits per heavy atom. The van der Waals surface area contributed by atoms with Gasteiger partial charge in [-0.3, -0.25) is 4.79 Å². The second-order valence-corrected chi connectivity index (χ2v) is 6.57. The number of nitrogens with zero attached hydrogens (tertiary/aromatic N) is 4. The maximum absolute atomic E-state index is 12.1. The maximum Gasteiger partial charge on any atom is 0.230 e. The van der Waals surface area contributed by atoms with Gasteiger partial charge in [0.1, 0.15) is 5.75 Å². The first-order valence-corrected chi connectivity index (χ1v) is 9.02. The summed E-state index contributed by atoms with van der Waals surface area (Å²) < 4.78 is 6.75. The molecule has 0 aliphatic heterocycles. The van der Waals surface area contributed by atoms with Crippen LogP contribution in [0.2, 0.25) is 0 Å². The molecule has 3 rings (SSSR count). The van der Waals surface area contributed by atoms with Gasteiger partial charge >= 0.3 is 0 Å². The molecule has 3 aromatic rings. The summed E-state index contributed by atoms with van der Waals surface area (Å²) in [7, 11) is 1.62. The fraction of sp³-hybridized carbons (Fsp3) is 0.222. The molecular weight excluding hydrogens is 350 g/mol. The molecule has 0 aliphatic carbocycles. The number of thioether (sulfide) groups is 1. The number of aromatic nitrogens is 4. The van der Waals surface area contributed by atoms with E-state index in [2.05, 4.69) is 20.8 Å². The number of carbonyl (C=O) groups is 1.